The fraction of sp³-hybridized carbons (Fsp3) is 0.167. The second kappa shape index (κ2) is 4.18. The maximum atomic E-state index is 11.0. The van der Waals surface area contributed by atoms with Crippen LogP contribution >= 0.6 is 0 Å². The van der Waals surface area contributed by atoms with Crippen molar-refractivity contribution in [3.8, 4) is 0 Å². The van der Waals surface area contributed by atoms with Crippen LogP contribution in [0.5, 0.6) is 0 Å². The Bertz CT molecular complexity index is 472. The van der Waals surface area contributed by atoms with Gasteiger partial charge in [0.1, 0.15) is 5.71 Å². The lowest BCUT2D eigenvalue weighted by Gasteiger charge is -2.13. The minimum atomic E-state index is -0.481. The first kappa shape index (κ1) is 10.4. The van der Waals surface area contributed by atoms with Crippen LogP contribution in [0.15, 0.2) is 35.6 Å². The summed E-state index contributed by atoms with van der Waals surface area (Å²) in [4.78, 5) is 11.0. The predicted octanol–water partition coefficient (Wildman–Crippen LogP) is 1.17. The van der Waals surface area contributed by atoms with Crippen molar-refractivity contribution in [2.75, 3.05) is 0 Å². The number of aryl methyl sites for hydroxylation is 1. The average molecular weight is 215 g/mol. The van der Waals surface area contributed by atoms with E-state index in [9.17, 15) is 4.79 Å². The van der Waals surface area contributed by atoms with Crippen LogP contribution in [0, 0.1) is 6.92 Å². The van der Waals surface area contributed by atoms with E-state index in [1.165, 1.54) is 5.56 Å². The van der Waals surface area contributed by atoms with E-state index in [4.69, 9.17) is 5.73 Å². The Morgan fingerprint density at radius 1 is 1.38 bits per heavy atom. The van der Waals surface area contributed by atoms with Gasteiger partial charge in [0.25, 0.3) is 5.91 Å². The third-order valence-corrected chi connectivity index (χ3v) is 2.50. The van der Waals surface area contributed by atoms with E-state index in [0.29, 0.717) is 12.1 Å². The third-order valence-electron chi connectivity index (χ3n) is 2.50. The molecule has 3 N–H and O–H groups in total. The molecule has 1 amide bonds. The second-order valence-electron chi connectivity index (χ2n) is 3.76. The largest absolute Gasteiger partial charge is 0.364 e. The Hall–Kier alpha value is -2.10. The van der Waals surface area contributed by atoms with Gasteiger partial charge in [-0.15, -0.1) is 0 Å². The predicted molar refractivity (Wildman–Crippen MR) is 63.5 cm³/mol. The summed E-state index contributed by atoms with van der Waals surface area (Å²) in [5.74, 6) is -0.481. The summed E-state index contributed by atoms with van der Waals surface area (Å²) in [5.41, 5.74) is 11.6. The molecule has 0 aliphatic carbocycles. The minimum Gasteiger partial charge on any atom is -0.364 e. The summed E-state index contributed by atoms with van der Waals surface area (Å²) in [7, 11) is 0. The lowest BCUT2D eigenvalue weighted by atomic mass is 9.99. The number of nitrogens with zero attached hydrogens (tertiary/aromatic N) is 1. The van der Waals surface area contributed by atoms with Crippen LogP contribution in [0.2, 0.25) is 0 Å². The Balaban J connectivity index is 2.21. The van der Waals surface area contributed by atoms with E-state index in [1.807, 2.05) is 31.2 Å². The Kier molecular flexibility index (Phi) is 2.72. The highest BCUT2D eigenvalue weighted by molar-refractivity contribution is 6.40. The standard InChI is InChI=1S/C12H13N3O/c1-8-2-4-9(5-3-8)10-6-11(12(13)16)15-14-7-10/h2-5,7,14H,6H2,1H3,(H2,13,16). The zero-order chi connectivity index (χ0) is 11.5. The Morgan fingerprint density at radius 2 is 2.06 bits per heavy atom. The highest BCUT2D eigenvalue weighted by Crippen LogP contribution is 2.20. The summed E-state index contributed by atoms with van der Waals surface area (Å²) in [6, 6.07) is 8.11. The molecule has 0 unspecified atom stereocenters. The van der Waals surface area contributed by atoms with Gasteiger partial charge in [0.05, 0.1) is 0 Å². The van der Waals surface area contributed by atoms with Gasteiger partial charge in [0.2, 0.25) is 0 Å². The van der Waals surface area contributed by atoms with Crippen LogP contribution in [0.3, 0.4) is 0 Å². The van der Waals surface area contributed by atoms with Gasteiger partial charge < -0.3 is 5.73 Å². The first-order chi connectivity index (χ1) is 7.66. The summed E-state index contributed by atoms with van der Waals surface area (Å²) < 4.78 is 0. The number of carbonyl (C=O) groups is 1. The van der Waals surface area contributed by atoms with Crippen molar-refractivity contribution in [3.05, 3.63) is 41.6 Å². The zero-order valence-corrected chi connectivity index (χ0v) is 9.03. The molecular formula is C12H13N3O. The maximum Gasteiger partial charge on any atom is 0.265 e. The maximum absolute atomic E-state index is 11.0. The van der Waals surface area contributed by atoms with Crippen LogP contribution in [-0.4, -0.2) is 11.6 Å². The number of amides is 1. The molecule has 1 aliphatic heterocycles. The third kappa shape index (κ3) is 2.11. The van der Waals surface area contributed by atoms with Crippen molar-refractivity contribution < 1.29 is 4.79 Å². The number of hydrogen-bond donors (Lipinski definition) is 2. The van der Waals surface area contributed by atoms with E-state index in [2.05, 4.69) is 10.5 Å². The van der Waals surface area contributed by atoms with Crippen molar-refractivity contribution in [2.45, 2.75) is 13.3 Å². The molecule has 0 atom stereocenters. The number of nitrogens with one attached hydrogen (secondary N) is 1. The summed E-state index contributed by atoms with van der Waals surface area (Å²) in [5, 5.41) is 3.84. The SMILES string of the molecule is Cc1ccc(C2=CNN=C(C(N)=O)C2)cc1. The molecule has 0 bridgehead atoms. The summed E-state index contributed by atoms with van der Waals surface area (Å²) >= 11 is 0. The Morgan fingerprint density at radius 3 is 2.69 bits per heavy atom. The highest BCUT2D eigenvalue weighted by Gasteiger charge is 2.14. The highest BCUT2D eigenvalue weighted by atomic mass is 16.1. The van der Waals surface area contributed by atoms with Gasteiger partial charge in [0, 0.05) is 12.6 Å². The van der Waals surface area contributed by atoms with Crippen LogP contribution in [0.1, 0.15) is 17.5 Å². The molecule has 0 saturated heterocycles. The molecule has 1 aromatic rings. The van der Waals surface area contributed by atoms with Gasteiger partial charge in [-0.2, -0.15) is 5.10 Å². The van der Waals surface area contributed by atoms with Crippen molar-refractivity contribution in [2.24, 2.45) is 10.8 Å². The van der Waals surface area contributed by atoms with Gasteiger partial charge in [-0.05, 0) is 18.1 Å². The average Bonchev–Trinajstić information content (AvgIpc) is 2.30. The number of hydrazone groups is 1. The number of hydrogen-bond acceptors (Lipinski definition) is 3. The number of benzene rings is 1. The monoisotopic (exact) mass is 215 g/mol. The van der Waals surface area contributed by atoms with Gasteiger partial charge in [0.15, 0.2) is 0 Å². The molecule has 2 rings (SSSR count). The molecular weight excluding hydrogens is 202 g/mol. The Labute approximate surface area is 93.8 Å². The summed E-state index contributed by atoms with van der Waals surface area (Å²) in [6.45, 7) is 2.04. The van der Waals surface area contributed by atoms with E-state index in [1.54, 1.807) is 6.20 Å². The van der Waals surface area contributed by atoms with Gasteiger partial charge >= 0.3 is 0 Å². The first-order valence-corrected chi connectivity index (χ1v) is 5.05. The van der Waals surface area contributed by atoms with Crippen LogP contribution in [0.25, 0.3) is 5.57 Å². The smallest absolute Gasteiger partial charge is 0.265 e. The van der Waals surface area contributed by atoms with E-state index in [-0.39, 0.29) is 0 Å². The van der Waals surface area contributed by atoms with Gasteiger partial charge in [-0.25, -0.2) is 0 Å². The molecule has 1 heterocycles. The van der Waals surface area contributed by atoms with Crippen molar-refractivity contribution in [1.29, 1.82) is 0 Å². The van der Waals surface area contributed by atoms with Crippen molar-refractivity contribution in [1.82, 2.24) is 5.43 Å². The minimum absolute atomic E-state index is 0.359. The summed E-state index contributed by atoms with van der Waals surface area (Å²) in [6.07, 6.45) is 2.27. The fourth-order valence-electron chi connectivity index (χ4n) is 1.55. The lowest BCUT2D eigenvalue weighted by Crippen LogP contribution is -2.27. The van der Waals surface area contributed by atoms with Crippen molar-refractivity contribution in [3.63, 3.8) is 0 Å². The first-order valence-electron chi connectivity index (χ1n) is 5.05. The molecule has 4 nitrogen and oxygen atoms in total. The molecule has 82 valence electrons. The van der Waals surface area contributed by atoms with Crippen LogP contribution in [0.4, 0.5) is 0 Å². The van der Waals surface area contributed by atoms with Gasteiger partial charge in [-0.1, -0.05) is 29.8 Å². The molecule has 1 aliphatic rings. The quantitative estimate of drug-likeness (QED) is 0.777. The second-order valence-corrected chi connectivity index (χ2v) is 3.76. The lowest BCUT2D eigenvalue weighted by molar-refractivity contribution is -0.112. The van der Waals surface area contributed by atoms with Gasteiger partial charge in [-0.3, -0.25) is 10.2 Å². The molecule has 0 fully saturated rings. The van der Waals surface area contributed by atoms with E-state index >= 15 is 0 Å². The number of nitrogens with two attached hydrogens (primary N) is 1. The number of primary amides is 1. The topological polar surface area (TPSA) is 67.5 Å². The number of rotatable bonds is 2. The molecule has 0 spiro atoms. The molecule has 0 aromatic heterocycles. The normalized spacial score (nSPS) is 14.8. The number of carbonyl (C=O) groups excluding carboxylic acids is 1. The number of allylic oxidation sites excluding steroid dienone is 1. The molecule has 16 heavy (non-hydrogen) atoms. The van der Waals surface area contributed by atoms with E-state index in [0.717, 1.165) is 11.1 Å². The van der Waals surface area contributed by atoms with Crippen LogP contribution < -0.4 is 11.2 Å². The zero-order valence-electron chi connectivity index (χ0n) is 9.03. The fourth-order valence-corrected chi connectivity index (χ4v) is 1.55. The molecule has 0 radical (unpaired) electrons. The molecule has 0 saturated carbocycles. The van der Waals surface area contributed by atoms with E-state index < -0.39 is 5.91 Å². The van der Waals surface area contributed by atoms with Crippen LogP contribution in [-0.2, 0) is 4.79 Å². The van der Waals surface area contributed by atoms with Crippen molar-refractivity contribution >= 4 is 17.2 Å². The molecule has 1 aromatic carbocycles. The molecule has 4 heteroatoms.